The molecule has 0 spiro atoms. The van der Waals surface area contributed by atoms with Gasteiger partial charge in [0.05, 0.1) is 0 Å². The van der Waals surface area contributed by atoms with E-state index in [4.69, 9.17) is 0 Å². The smallest absolute Gasteiger partial charge is 0.0316 e. The van der Waals surface area contributed by atoms with Crippen LogP contribution >= 0.6 is 0 Å². The summed E-state index contributed by atoms with van der Waals surface area (Å²) in [5, 5.41) is 4.35. The van der Waals surface area contributed by atoms with Crippen molar-refractivity contribution < 1.29 is 0 Å². The van der Waals surface area contributed by atoms with Gasteiger partial charge >= 0.3 is 0 Å². The monoisotopic (exact) mass is 142 g/mol. The Balaban J connectivity index is 1.85. The first-order valence-corrected chi connectivity index (χ1v) is 3.99. The van der Waals surface area contributed by atoms with E-state index in [2.05, 4.69) is 21.1 Å². The first-order valence-electron chi connectivity index (χ1n) is 3.99. The Morgan fingerprint density at radius 2 is 1.30 bits per heavy atom. The highest BCUT2D eigenvalue weighted by Crippen LogP contribution is 2.03. The summed E-state index contributed by atoms with van der Waals surface area (Å²) in [6.45, 7) is 4.54. The van der Waals surface area contributed by atoms with Crippen LogP contribution < -0.4 is 10.9 Å². The molecule has 2 N–H and O–H groups in total. The fourth-order valence-electron chi connectivity index (χ4n) is 1.44. The molecule has 0 aromatic rings. The van der Waals surface area contributed by atoms with Crippen molar-refractivity contribution in [3.63, 3.8) is 0 Å². The average molecular weight is 142 g/mol. The van der Waals surface area contributed by atoms with Gasteiger partial charge in [-0.25, -0.2) is 10.9 Å². The maximum atomic E-state index is 3.30. The van der Waals surface area contributed by atoms with E-state index in [1.165, 1.54) is 12.8 Å². The van der Waals surface area contributed by atoms with Crippen LogP contribution in [0.15, 0.2) is 0 Å². The maximum Gasteiger partial charge on any atom is 0.0316 e. The Bertz CT molecular complexity index is 90.3. The molecular weight excluding hydrogens is 128 g/mol. The third-order valence-corrected chi connectivity index (χ3v) is 1.97. The Morgan fingerprint density at radius 1 is 0.800 bits per heavy atom. The summed E-state index contributed by atoms with van der Waals surface area (Å²) in [6.07, 6.45) is 2.52. The van der Waals surface area contributed by atoms with E-state index < -0.39 is 0 Å². The third kappa shape index (κ3) is 1.15. The van der Waals surface area contributed by atoms with Crippen molar-refractivity contribution in [1.82, 2.24) is 21.1 Å². The highest BCUT2D eigenvalue weighted by atomic mass is 15.9. The van der Waals surface area contributed by atoms with Crippen LogP contribution in [-0.4, -0.2) is 36.4 Å². The van der Waals surface area contributed by atoms with E-state index in [0.29, 0.717) is 0 Å². The minimum absolute atomic E-state index is 1.12. The molecule has 0 bridgehead atoms. The molecule has 2 heterocycles. The predicted molar refractivity (Wildman–Crippen MR) is 38.7 cm³/mol. The predicted octanol–water partition coefficient (Wildman–Crippen LogP) is -0.678. The molecule has 0 aromatic carbocycles. The van der Waals surface area contributed by atoms with Crippen LogP contribution in [0.1, 0.15) is 12.8 Å². The number of nitrogens with one attached hydrogen (secondary N) is 2. The van der Waals surface area contributed by atoms with Gasteiger partial charge in [-0.05, 0) is 12.8 Å². The standard InChI is InChI=1S/C6H14N4/c1-3-7-9(5-1)10-6-2-4-8-10/h7-8H,1-6H2. The molecule has 0 radical (unpaired) electrons. The lowest BCUT2D eigenvalue weighted by Gasteiger charge is -2.26. The van der Waals surface area contributed by atoms with E-state index in [9.17, 15) is 0 Å². The molecule has 58 valence electrons. The third-order valence-electron chi connectivity index (χ3n) is 1.97. The second-order valence-corrected chi connectivity index (χ2v) is 2.77. The fraction of sp³-hybridized carbons (Fsp3) is 1.00. The SMILES string of the molecule is C1CNN(N2CCCN2)C1. The van der Waals surface area contributed by atoms with Crippen LogP contribution in [0.2, 0.25) is 0 Å². The molecule has 2 saturated heterocycles. The van der Waals surface area contributed by atoms with Crippen LogP contribution in [0.3, 0.4) is 0 Å². The van der Waals surface area contributed by atoms with Crippen molar-refractivity contribution >= 4 is 0 Å². The van der Waals surface area contributed by atoms with Gasteiger partial charge < -0.3 is 0 Å². The lowest BCUT2D eigenvalue weighted by Crippen LogP contribution is -2.50. The van der Waals surface area contributed by atoms with Gasteiger partial charge in [0.2, 0.25) is 0 Å². The highest BCUT2D eigenvalue weighted by molar-refractivity contribution is 4.63. The van der Waals surface area contributed by atoms with Crippen molar-refractivity contribution in [1.29, 1.82) is 0 Å². The number of hydrogen-bond acceptors (Lipinski definition) is 4. The molecule has 4 heteroatoms. The summed E-state index contributed by atoms with van der Waals surface area (Å²) in [5.74, 6) is 0. The zero-order valence-corrected chi connectivity index (χ0v) is 6.14. The molecule has 0 atom stereocenters. The second kappa shape index (κ2) is 2.84. The maximum absolute atomic E-state index is 3.30. The van der Waals surface area contributed by atoms with Gasteiger partial charge in [0.15, 0.2) is 0 Å². The normalized spacial score (nSPS) is 30.0. The van der Waals surface area contributed by atoms with Gasteiger partial charge in [0.1, 0.15) is 0 Å². The number of hydrazine groups is 3. The van der Waals surface area contributed by atoms with Crippen molar-refractivity contribution in [3.05, 3.63) is 0 Å². The van der Waals surface area contributed by atoms with Crippen molar-refractivity contribution in [3.8, 4) is 0 Å². The fourth-order valence-corrected chi connectivity index (χ4v) is 1.44. The van der Waals surface area contributed by atoms with Crippen LogP contribution in [0.5, 0.6) is 0 Å². The summed E-state index contributed by atoms with van der Waals surface area (Å²) in [6, 6.07) is 0. The minimum Gasteiger partial charge on any atom is -0.240 e. The first-order chi connectivity index (χ1) is 4.97. The van der Waals surface area contributed by atoms with Gasteiger partial charge in [-0.2, -0.15) is 10.2 Å². The number of hydrogen-bond donors (Lipinski definition) is 2. The molecule has 0 aliphatic carbocycles. The Hall–Kier alpha value is -0.160. The molecule has 0 aromatic heterocycles. The van der Waals surface area contributed by atoms with E-state index in [1.807, 2.05) is 0 Å². The van der Waals surface area contributed by atoms with Crippen LogP contribution in [0.4, 0.5) is 0 Å². The second-order valence-electron chi connectivity index (χ2n) is 2.77. The van der Waals surface area contributed by atoms with E-state index in [-0.39, 0.29) is 0 Å². The average Bonchev–Trinajstić information content (AvgIpc) is 2.59. The minimum atomic E-state index is 1.12. The van der Waals surface area contributed by atoms with Gasteiger partial charge in [-0.3, -0.25) is 0 Å². The molecular formula is C6H14N4. The quantitative estimate of drug-likeness (QED) is 0.508. The van der Waals surface area contributed by atoms with Gasteiger partial charge in [0.25, 0.3) is 0 Å². The Kier molecular flexibility index (Phi) is 1.86. The van der Waals surface area contributed by atoms with Gasteiger partial charge in [-0.1, -0.05) is 0 Å². The largest absolute Gasteiger partial charge is 0.240 e. The zero-order chi connectivity index (χ0) is 6.81. The molecule has 0 amide bonds. The zero-order valence-electron chi connectivity index (χ0n) is 6.14. The van der Waals surface area contributed by atoms with Crippen LogP contribution in [-0.2, 0) is 0 Å². The Morgan fingerprint density at radius 3 is 1.60 bits per heavy atom. The molecule has 2 fully saturated rings. The van der Waals surface area contributed by atoms with Gasteiger partial charge in [-0.15, -0.1) is 0 Å². The molecule has 2 aliphatic heterocycles. The van der Waals surface area contributed by atoms with Crippen molar-refractivity contribution in [2.45, 2.75) is 12.8 Å². The van der Waals surface area contributed by atoms with Gasteiger partial charge in [0, 0.05) is 26.2 Å². The van der Waals surface area contributed by atoms with E-state index in [1.54, 1.807) is 0 Å². The lowest BCUT2D eigenvalue weighted by molar-refractivity contribution is -0.0621. The summed E-state index contributed by atoms with van der Waals surface area (Å²) < 4.78 is 0. The Labute approximate surface area is 61.1 Å². The summed E-state index contributed by atoms with van der Waals surface area (Å²) >= 11 is 0. The molecule has 2 aliphatic rings. The highest BCUT2D eigenvalue weighted by Gasteiger charge is 2.21. The lowest BCUT2D eigenvalue weighted by atomic mass is 10.5. The van der Waals surface area contributed by atoms with Crippen molar-refractivity contribution in [2.24, 2.45) is 0 Å². The van der Waals surface area contributed by atoms with E-state index in [0.717, 1.165) is 26.2 Å². The summed E-state index contributed by atoms with van der Waals surface area (Å²) in [5.41, 5.74) is 6.59. The number of rotatable bonds is 1. The topological polar surface area (TPSA) is 30.5 Å². The van der Waals surface area contributed by atoms with Crippen molar-refractivity contribution in [2.75, 3.05) is 26.2 Å². The molecule has 0 unspecified atom stereocenters. The van der Waals surface area contributed by atoms with Crippen LogP contribution in [0.25, 0.3) is 0 Å². The summed E-state index contributed by atoms with van der Waals surface area (Å²) in [4.78, 5) is 0. The van der Waals surface area contributed by atoms with Crippen LogP contribution in [0, 0.1) is 0 Å². The molecule has 4 nitrogen and oxygen atoms in total. The molecule has 0 saturated carbocycles. The summed E-state index contributed by atoms with van der Waals surface area (Å²) in [7, 11) is 0. The molecule has 2 rings (SSSR count). The number of nitrogens with zero attached hydrogens (tertiary/aromatic N) is 2. The molecule has 10 heavy (non-hydrogen) atoms. The first kappa shape index (κ1) is 6.54. The van der Waals surface area contributed by atoms with E-state index >= 15 is 0 Å².